The van der Waals surface area contributed by atoms with Crippen molar-refractivity contribution in [2.75, 3.05) is 26.2 Å². The smallest absolute Gasteiger partial charge is 0.222 e. The number of aliphatic hydroxyl groups excluding tert-OH is 1. The highest BCUT2D eigenvalue weighted by Gasteiger charge is 2.26. The number of amides is 1. The third-order valence-corrected chi connectivity index (χ3v) is 3.24. The van der Waals surface area contributed by atoms with Crippen LogP contribution in [-0.4, -0.2) is 48.2 Å². The van der Waals surface area contributed by atoms with Gasteiger partial charge in [0.2, 0.25) is 5.91 Å². The molecule has 0 aromatic heterocycles. The third kappa shape index (κ3) is 5.04. The van der Waals surface area contributed by atoms with Crippen molar-refractivity contribution in [1.82, 2.24) is 10.2 Å². The van der Waals surface area contributed by atoms with Crippen molar-refractivity contribution in [3.05, 3.63) is 0 Å². The van der Waals surface area contributed by atoms with Crippen LogP contribution >= 0.6 is 0 Å². The van der Waals surface area contributed by atoms with Crippen molar-refractivity contribution < 1.29 is 9.90 Å². The van der Waals surface area contributed by atoms with Crippen LogP contribution in [0, 0.1) is 5.92 Å². The highest BCUT2D eigenvalue weighted by atomic mass is 16.3. The maximum Gasteiger partial charge on any atom is 0.222 e. The lowest BCUT2D eigenvalue weighted by molar-refractivity contribution is -0.133. The van der Waals surface area contributed by atoms with Crippen LogP contribution < -0.4 is 5.32 Å². The average molecular weight is 242 g/mol. The van der Waals surface area contributed by atoms with Gasteiger partial charge in [-0.25, -0.2) is 0 Å². The second-order valence-electron chi connectivity index (χ2n) is 5.12. The summed E-state index contributed by atoms with van der Waals surface area (Å²) < 4.78 is 0. The Morgan fingerprint density at radius 3 is 2.88 bits per heavy atom. The Hall–Kier alpha value is -0.610. The molecule has 1 heterocycles. The molecule has 2 atom stereocenters. The predicted molar refractivity (Wildman–Crippen MR) is 68.8 cm³/mol. The second kappa shape index (κ2) is 7.67. The van der Waals surface area contributed by atoms with E-state index >= 15 is 0 Å². The van der Waals surface area contributed by atoms with Gasteiger partial charge in [0.25, 0.3) is 0 Å². The van der Waals surface area contributed by atoms with Gasteiger partial charge in [-0.2, -0.15) is 0 Å². The highest BCUT2D eigenvalue weighted by Crippen LogP contribution is 2.17. The van der Waals surface area contributed by atoms with Gasteiger partial charge in [0.05, 0.1) is 0 Å². The fourth-order valence-electron chi connectivity index (χ4n) is 2.46. The molecule has 17 heavy (non-hydrogen) atoms. The molecule has 0 aromatic carbocycles. The number of hydrogen-bond acceptors (Lipinski definition) is 3. The van der Waals surface area contributed by atoms with Gasteiger partial charge in [0.1, 0.15) is 0 Å². The lowest BCUT2D eigenvalue weighted by atomic mass is 9.95. The van der Waals surface area contributed by atoms with E-state index < -0.39 is 0 Å². The van der Waals surface area contributed by atoms with Crippen LogP contribution in [0.15, 0.2) is 0 Å². The van der Waals surface area contributed by atoms with E-state index in [9.17, 15) is 4.79 Å². The Morgan fingerprint density at radius 2 is 2.24 bits per heavy atom. The van der Waals surface area contributed by atoms with Crippen molar-refractivity contribution in [2.45, 2.75) is 45.6 Å². The van der Waals surface area contributed by atoms with Crippen LogP contribution in [0.4, 0.5) is 0 Å². The van der Waals surface area contributed by atoms with Crippen molar-refractivity contribution in [3.8, 4) is 0 Å². The first kappa shape index (κ1) is 14.5. The largest absolute Gasteiger partial charge is 0.396 e. The van der Waals surface area contributed by atoms with E-state index in [0.29, 0.717) is 18.4 Å². The quantitative estimate of drug-likeness (QED) is 0.683. The number of nitrogens with zero attached hydrogens (tertiary/aromatic N) is 1. The number of aliphatic hydroxyl groups is 1. The first-order valence-corrected chi connectivity index (χ1v) is 6.79. The minimum Gasteiger partial charge on any atom is -0.396 e. The molecule has 1 amide bonds. The minimum absolute atomic E-state index is 0.230. The molecule has 2 N–H and O–H groups in total. The van der Waals surface area contributed by atoms with E-state index in [0.717, 1.165) is 38.9 Å². The van der Waals surface area contributed by atoms with Gasteiger partial charge < -0.3 is 15.3 Å². The maximum atomic E-state index is 11.9. The summed E-state index contributed by atoms with van der Waals surface area (Å²) in [5.74, 6) is 0.851. The Kier molecular flexibility index (Phi) is 6.52. The van der Waals surface area contributed by atoms with E-state index in [1.54, 1.807) is 0 Å². The van der Waals surface area contributed by atoms with Gasteiger partial charge in [0, 0.05) is 32.2 Å². The molecule has 1 aliphatic rings. The average Bonchev–Trinajstić information content (AvgIpc) is 2.29. The first-order valence-electron chi connectivity index (χ1n) is 6.79. The molecular formula is C13H26N2O2. The second-order valence-corrected chi connectivity index (χ2v) is 5.12. The lowest BCUT2D eigenvalue weighted by Gasteiger charge is -2.37. The molecule has 0 radical (unpaired) electrons. The Labute approximate surface area is 104 Å². The van der Waals surface area contributed by atoms with E-state index in [1.165, 1.54) is 0 Å². The van der Waals surface area contributed by atoms with Crippen LogP contribution in [0.3, 0.4) is 0 Å². The summed E-state index contributed by atoms with van der Waals surface area (Å²) in [5, 5.41) is 12.2. The fourth-order valence-corrected chi connectivity index (χ4v) is 2.46. The van der Waals surface area contributed by atoms with Crippen LogP contribution in [0.2, 0.25) is 0 Å². The molecule has 4 heteroatoms. The summed E-state index contributed by atoms with van der Waals surface area (Å²) in [5.41, 5.74) is 0. The number of carbonyl (C=O) groups is 1. The van der Waals surface area contributed by atoms with Crippen molar-refractivity contribution in [3.63, 3.8) is 0 Å². The zero-order valence-corrected chi connectivity index (χ0v) is 11.1. The molecular weight excluding hydrogens is 216 g/mol. The zero-order valence-electron chi connectivity index (χ0n) is 11.1. The van der Waals surface area contributed by atoms with Gasteiger partial charge in [0.15, 0.2) is 0 Å². The van der Waals surface area contributed by atoms with Crippen LogP contribution in [-0.2, 0) is 4.79 Å². The molecule has 2 unspecified atom stereocenters. The summed E-state index contributed by atoms with van der Waals surface area (Å²) in [4.78, 5) is 13.9. The molecule has 0 bridgehead atoms. The van der Waals surface area contributed by atoms with Crippen LogP contribution in [0.5, 0.6) is 0 Å². The Balaban J connectivity index is 2.38. The number of likely N-dealkylation sites (tertiary alicyclic amines) is 1. The SMILES string of the molecule is CCCC(=O)N1CC(C)CC(NCCCO)C1. The Morgan fingerprint density at radius 1 is 1.47 bits per heavy atom. The summed E-state index contributed by atoms with van der Waals surface area (Å²) >= 11 is 0. The molecule has 1 aliphatic heterocycles. The van der Waals surface area contributed by atoms with E-state index in [2.05, 4.69) is 12.2 Å². The monoisotopic (exact) mass is 242 g/mol. The number of piperidine rings is 1. The summed E-state index contributed by atoms with van der Waals surface area (Å²) in [6, 6.07) is 0.395. The number of carbonyl (C=O) groups excluding carboxylic acids is 1. The van der Waals surface area contributed by atoms with Gasteiger partial charge >= 0.3 is 0 Å². The van der Waals surface area contributed by atoms with Crippen LogP contribution in [0.25, 0.3) is 0 Å². The van der Waals surface area contributed by atoms with Crippen molar-refractivity contribution in [1.29, 1.82) is 0 Å². The summed E-state index contributed by atoms with van der Waals surface area (Å²) in [6.45, 7) is 7.04. The highest BCUT2D eigenvalue weighted by molar-refractivity contribution is 5.76. The zero-order chi connectivity index (χ0) is 12.7. The predicted octanol–water partition coefficient (Wildman–Crippen LogP) is 0.995. The lowest BCUT2D eigenvalue weighted by Crippen LogP contribution is -2.51. The molecule has 0 aliphatic carbocycles. The fraction of sp³-hybridized carbons (Fsp3) is 0.923. The molecule has 0 aromatic rings. The summed E-state index contributed by atoms with van der Waals surface area (Å²) in [7, 11) is 0. The van der Waals surface area contributed by atoms with Crippen molar-refractivity contribution >= 4 is 5.91 Å². The topological polar surface area (TPSA) is 52.6 Å². The van der Waals surface area contributed by atoms with E-state index in [-0.39, 0.29) is 12.5 Å². The number of hydrogen-bond donors (Lipinski definition) is 2. The molecule has 1 rings (SSSR count). The van der Waals surface area contributed by atoms with Gasteiger partial charge in [-0.1, -0.05) is 13.8 Å². The molecule has 0 spiro atoms. The minimum atomic E-state index is 0.230. The molecule has 100 valence electrons. The number of rotatable bonds is 6. The molecule has 1 saturated heterocycles. The van der Waals surface area contributed by atoms with Gasteiger partial charge in [-0.15, -0.1) is 0 Å². The molecule has 1 fully saturated rings. The van der Waals surface area contributed by atoms with E-state index in [1.807, 2.05) is 11.8 Å². The van der Waals surface area contributed by atoms with Crippen molar-refractivity contribution in [2.24, 2.45) is 5.92 Å². The normalized spacial score (nSPS) is 25.0. The van der Waals surface area contributed by atoms with Gasteiger partial charge in [-0.3, -0.25) is 4.79 Å². The van der Waals surface area contributed by atoms with Crippen LogP contribution in [0.1, 0.15) is 39.5 Å². The van der Waals surface area contributed by atoms with E-state index in [4.69, 9.17) is 5.11 Å². The standard InChI is InChI=1S/C13H26N2O2/c1-3-5-13(17)15-9-11(2)8-12(10-15)14-6-4-7-16/h11-12,14,16H,3-10H2,1-2H3. The molecule has 4 nitrogen and oxygen atoms in total. The Bertz CT molecular complexity index is 233. The van der Waals surface area contributed by atoms with Gasteiger partial charge in [-0.05, 0) is 31.7 Å². The maximum absolute atomic E-state index is 11.9. The number of nitrogens with one attached hydrogen (secondary N) is 1. The summed E-state index contributed by atoms with van der Waals surface area (Å²) in [6.07, 6.45) is 3.50. The molecule has 0 saturated carbocycles. The third-order valence-electron chi connectivity index (χ3n) is 3.24. The first-order chi connectivity index (χ1) is 8.17.